The minimum Gasteiger partial charge on any atom is -0.423 e. The van der Waals surface area contributed by atoms with Crippen LogP contribution < -0.4 is 0 Å². The number of aromatic nitrogens is 2. The van der Waals surface area contributed by atoms with Gasteiger partial charge in [0.25, 0.3) is 0 Å². The number of rotatable bonds is 5. The van der Waals surface area contributed by atoms with E-state index in [0.717, 1.165) is 5.56 Å². The molecular weight excluding hydrogens is 364 g/mol. The van der Waals surface area contributed by atoms with E-state index >= 15 is 0 Å². The van der Waals surface area contributed by atoms with E-state index in [1.165, 1.54) is 4.90 Å². The van der Waals surface area contributed by atoms with E-state index in [9.17, 15) is 13.2 Å². The average molecular weight is 380 g/mol. The molecule has 11 heteroatoms. The van der Waals surface area contributed by atoms with Gasteiger partial charge in [0.15, 0.2) is 0 Å². The van der Waals surface area contributed by atoms with Crippen molar-refractivity contribution in [2.75, 3.05) is 6.54 Å². The summed E-state index contributed by atoms with van der Waals surface area (Å²) in [5.41, 5.74) is 1.02. The van der Waals surface area contributed by atoms with Crippen molar-refractivity contribution in [3.8, 4) is 0 Å². The zero-order valence-corrected chi connectivity index (χ0v) is 14.4. The summed E-state index contributed by atoms with van der Waals surface area (Å²) in [6.07, 6.45) is 1.49. The maximum Gasteiger partial charge on any atom is 0.418 e. The summed E-state index contributed by atoms with van der Waals surface area (Å²) in [4.78, 5) is 13.8. The molecule has 0 unspecified atom stereocenters. The fraction of sp³-hybridized carbons (Fsp3) is 0.400. The van der Waals surface area contributed by atoms with Gasteiger partial charge < -0.3 is 9.32 Å². The number of carbonyl (C=O) groups is 1. The first kappa shape index (κ1) is 16.9. The fourth-order valence-corrected chi connectivity index (χ4v) is 3.72. The highest BCUT2D eigenvalue weighted by molar-refractivity contribution is 7.80. The highest BCUT2D eigenvalue weighted by Crippen LogP contribution is 2.38. The molecule has 138 valence electrons. The second kappa shape index (κ2) is 6.34. The van der Waals surface area contributed by atoms with Gasteiger partial charge >= 0.3 is 16.4 Å². The highest BCUT2D eigenvalue weighted by atomic mass is 32.3. The molecule has 3 heterocycles. The lowest BCUT2D eigenvalue weighted by Crippen LogP contribution is -2.35. The van der Waals surface area contributed by atoms with Crippen LogP contribution in [0.25, 0.3) is 0 Å². The third-order valence-electron chi connectivity index (χ3n) is 4.46. The van der Waals surface area contributed by atoms with Gasteiger partial charge in [-0.1, -0.05) is 30.3 Å². The third-order valence-corrected chi connectivity index (χ3v) is 4.81. The van der Waals surface area contributed by atoms with Gasteiger partial charge in [-0.2, -0.15) is 13.5 Å². The Hall–Kier alpha value is -2.50. The second-order valence-corrected chi connectivity index (χ2v) is 7.21. The molecule has 2 bridgehead atoms. The summed E-state index contributed by atoms with van der Waals surface area (Å²) in [6, 6.07) is 8.09. The summed E-state index contributed by atoms with van der Waals surface area (Å²) >= 11 is 0. The van der Waals surface area contributed by atoms with Crippen molar-refractivity contribution in [3.05, 3.63) is 47.7 Å². The molecule has 4 rings (SSSR count). The predicted octanol–water partition coefficient (Wildman–Crippen LogP) is 1.34. The number of hydrogen-bond donors (Lipinski definition) is 1. The summed E-state index contributed by atoms with van der Waals surface area (Å²) in [5, 5.41) is 8.78. The molecule has 0 radical (unpaired) electrons. The van der Waals surface area contributed by atoms with Crippen LogP contribution in [-0.2, 0) is 21.1 Å². The van der Waals surface area contributed by atoms with Crippen LogP contribution in [0.5, 0.6) is 0 Å². The third kappa shape index (κ3) is 3.28. The van der Waals surface area contributed by atoms with E-state index in [1.807, 2.05) is 30.3 Å². The van der Waals surface area contributed by atoms with Gasteiger partial charge in [-0.25, -0.2) is 4.79 Å². The number of nitrogens with zero attached hydrogens (tertiary/aromatic N) is 4. The summed E-state index contributed by atoms with van der Waals surface area (Å²) in [7, 11) is -4.76. The van der Waals surface area contributed by atoms with Crippen LogP contribution >= 0.6 is 0 Å². The van der Waals surface area contributed by atoms with E-state index in [-0.39, 0.29) is 6.54 Å². The molecule has 0 spiro atoms. The minimum absolute atomic E-state index is 0.259. The molecule has 2 aliphatic rings. The van der Waals surface area contributed by atoms with Crippen LogP contribution in [0.2, 0.25) is 0 Å². The average Bonchev–Trinajstić information content (AvgIpc) is 3.15. The summed E-state index contributed by atoms with van der Waals surface area (Å²) in [6.45, 7) is 0.259. The minimum atomic E-state index is -4.76. The lowest BCUT2D eigenvalue weighted by molar-refractivity contribution is -0.0317. The number of carbonyl (C=O) groups excluding carboxylic acids is 1. The van der Waals surface area contributed by atoms with E-state index in [0.29, 0.717) is 36.1 Å². The zero-order valence-electron chi connectivity index (χ0n) is 13.6. The molecular formula is C15H16N4O6S. The van der Waals surface area contributed by atoms with Gasteiger partial charge in [-0.3, -0.25) is 4.55 Å². The molecule has 2 amide bonds. The molecule has 1 aromatic heterocycles. The molecule has 1 N–H and O–H groups in total. The Morgan fingerprint density at radius 3 is 2.73 bits per heavy atom. The topological polar surface area (TPSA) is 126 Å². The number of piperidine rings is 1. The van der Waals surface area contributed by atoms with E-state index < -0.39 is 28.5 Å². The van der Waals surface area contributed by atoms with Crippen LogP contribution in [0.4, 0.5) is 4.79 Å². The van der Waals surface area contributed by atoms with Crippen molar-refractivity contribution < 1.29 is 26.5 Å². The van der Waals surface area contributed by atoms with E-state index in [4.69, 9.17) is 8.97 Å². The van der Waals surface area contributed by atoms with Crippen molar-refractivity contribution in [2.24, 2.45) is 0 Å². The maximum absolute atomic E-state index is 12.4. The van der Waals surface area contributed by atoms with Crippen LogP contribution in [-0.4, -0.2) is 51.7 Å². The standard InChI is InChI=1S/C15H16N4O6S/c20-15-18-9-11(19(15)25-26(21,22)23)6-7-12(18)14-17-16-13(24-14)8-10-4-2-1-3-5-10/h1-5,11-12H,6-9H2,(H,21,22,23)/t11-,12+/m1/s1. The van der Waals surface area contributed by atoms with Gasteiger partial charge in [0.05, 0.1) is 12.5 Å². The maximum atomic E-state index is 12.4. The largest absolute Gasteiger partial charge is 0.423 e. The molecule has 10 nitrogen and oxygen atoms in total. The zero-order chi connectivity index (χ0) is 18.3. The van der Waals surface area contributed by atoms with Gasteiger partial charge in [0, 0.05) is 6.54 Å². The highest BCUT2D eigenvalue weighted by Gasteiger charge is 2.49. The lowest BCUT2D eigenvalue weighted by Gasteiger charge is -2.27. The Bertz CT molecular complexity index is 915. The van der Waals surface area contributed by atoms with Gasteiger partial charge in [-0.05, 0) is 18.4 Å². The molecule has 2 fully saturated rings. The van der Waals surface area contributed by atoms with Gasteiger partial charge in [0.2, 0.25) is 11.8 Å². The molecule has 2 atom stereocenters. The normalized spacial score (nSPS) is 22.9. The Kier molecular flexibility index (Phi) is 4.13. The Morgan fingerprint density at radius 1 is 1.23 bits per heavy atom. The summed E-state index contributed by atoms with van der Waals surface area (Å²) < 4.78 is 40.8. The van der Waals surface area contributed by atoms with E-state index in [1.54, 1.807) is 0 Å². The van der Waals surface area contributed by atoms with Crippen molar-refractivity contribution in [2.45, 2.75) is 31.3 Å². The lowest BCUT2D eigenvalue weighted by atomic mass is 10.0. The first-order valence-electron chi connectivity index (χ1n) is 8.04. The first-order valence-corrected chi connectivity index (χ1v) is 9.40. The number of hydrogen-bond acceptors (Lipinski definition) is 7. The van der Waals surface area contributed by atoms with E-state index in [2.05, 4.69) is 14.5 Å². The van der Waals surface area contributed by atoms with Crippen LogP contribution in [0.3, 0.4) is 0 Å². The van der Waals surface area contributed by atoms with Crippen molar-refractivity contribution in [1.29, 1.82) is 0 Å². The smallest absolute Gasteiger partial charge is 0.418 e. The molecule has 2 aromatic rings. The Morgan fingerprint density at radius 2 is 2.00 bits per heavy atom. The first-order chi connectivity index (χ1) is 12.4. The Balaban J connectivity index is 1.50. The van der Waals surface area contributed by atoms with Gasteiger partial charge in [0.1, 0.15) is 6.04 Å². The number of hydroxylamine groups is 2. The molecule has 2 aliphatic heterocycles. The summed E-state index contributed by atoms with van der Waals surface area (Å²) in [5.74, 6) is 0.738. The Labute approximate surface area is 149 Å². The second-order valence-electron chi connectivity index (χ2n) is 6.21. The van der Waals surface area contributed by atoms with Crippen molar-refractivity contribution >= 4 is 16.4 Å². The monoisotopic (exact) mass is 380 g/mol. The SMILES string of the molecule is O=C1N2C[C@@H](CC[C@H]2c2nnc(Cc3ccccc3)o2)N1OS(=O)(=O)O. The quantitative estimate of drug-likeness (QED) is 0.770. The number of fused-ring (bicyclic) bond motifs is 2. The number of amides is 2. The fourth-order valence-electron chi connectivity index (χ4n) is 3.33. The molecule has 0 saturated carbocycles. The number of benzene rings is 1. The van der Waals surface area contributed by atoms with Crippen molar-refractivity contribution in [3.63, 3.8) is 0 Å². The van der Waals surface area contributed by atoms with Crippen molar-refractivity contribution in [1.82, 2.24) is 20.2 Å². The van der Waals surface area contributed by atoms with Crippen LogP contribution in [0, 0.1) is 0 Å². The van der Waals surface area contributed by atoms with Crippen LogP contribution in [0.15, 0.2) is 34.7 Å². The molecule has 0 aliphatic carbocycles. The molecule has 26 heavy (non-hydrogen) atoms. The number of urea groups is 1. The van der Waals surface area contributed by atoms with Crippen LogP contribution in [0.1, 0.15) is 36.2 Å². The molecule has 2 saturated heterocycles. The van der Waals surface area contributed by atoms with Gasteiger partial charge in [-0.15, -0.1) is 14.5 Å². The molecule has 1 aromatic carbocycles. The predicted molar refractivity (Wildman–Crippen MR) is 85.9 cm³/mol.